The Balaban J connectivity index is 2.08. The first-order valence-corrected chi connectivity index (χ1v) is 10.6. The number of carbonyl (C=O) groups excluding carboxylic acids is 2. The fourth-order valence-electron chi connectivity index (χ4n) is 3.74. The monoisotopic (exact) mass is 469 g/mol. The van der Waals surface area contributed by atoms with Crippen LogP contribution in [0, 0.1) is 6.92 Å². The third-order valence-electron chi connectivity index (χ3n) is 5.50. The van der Waals surface area contributed by atoms with E-state index in [-0.39, 0.29) is 30.1 Å². The van der Waals surface area contributed by atoms with Crippen molar-refractivity contribution >= 4 is 11.9 Å². The van der Waals surface area contributed by atoms with Crippen LogP contribution >= 0.6 is 0 Å². The van der Waals surface area contributed by atoms with Crippen LogP contribution in [0.3, 0.4) is 0 Å². The van der Waals surface area contributed by atoms with Crippen LogP contribution in [-0.4, -0.2) is 52.4 Å². The molecule has 1 aromatic carbocycles. The number of ether oxygens (including phenoxy) is 3. The number of aromatic nitrogens is 3. The van der Waals surface area contributed by atoms with Crippen molar-refractivity contribution in [3.8, 4) is 11.5 Å². The van der Waals surface area contributed by atoms with Crippen molar-refractivity contribution in [1.29, 1.82) is 0 Å². The van der Waals surface area contributed by atoms with E-state index in [0.29, 0.717) is 24.2 Å². The average molecular weight is 469 g/mol. The lowest BCUT2D eigenvalue weighted by Gasteiger charge is -2.22. The molecule has 34 heavy (non-hydrogen) atoms. The first-order valence-electron chi connectivity index (χ1n) is 10.6. The molecule has 0 bridgehead atoms. The number of hydrogen-bond acceptors (Lipinski definition) is 8. The molecule has 0 aliphatic rings. The summed E-state index contributed by atoms with van der Waals surface area (Å²) >= 11 is 0. The van der Waals surface area contributed by atoms with Crippen LogP contribution in [-0.2, 0) is 32.0 Å². The molecule has 0 unspecified atom stereocenters. The number of methoxy groups -OCH3 is 2. The van der Waals surface area contributed by atoms with E-state index in [1.54, 1.807) is 43.7 Å². The molecule has 0 saturated heterocycles. The third-order valence-corrected chi connectivity index (χ3v) is 5.50. The largest absolute Gasteiger partial charge is 0.507 e. The van der Waals surface area contributed by atoms with Crippen LogP contribution in [0.4, 0.5) is 0 Å². The minimum Gasteiger partial charge on any atom is -0.507 e. The summed E-state index contributed by atoms with van der Waals surface area (Å²) in [5.74, 6) is -2.00. The van der Waals surface area contributed by atoms with Crippen molar-refractivity contribution in [2.75, 3.05) is 20.8 Å². The summed E-state index contributed by atoms with van der Waals surface area (Å²) in [5, 5.41) is 10.8. The predicted octanol–water partition coefficient (Wildman–Crippen LogP) is 2.07. The normalized spacial score (nSPS) is 11.6. The third kappa shape index (κ3) is 5.64. The number of nitrogens with zero attached hydrogens (tertiary/aromatic N) is 2. The number of aromatic hydroxyl groups is 1. The molecule has 2 heterocycles. The molecule has 10 heteroatoms. The van der Waals surface area contributed by atoms with Gasteiger partial charge in [-0.25, -0.2) is 9.78 Å². The highest BCUT2D eigenvalue weighted by molar-refractivity contribution is 5.72. The van der Waals surface area contributed by atoms with Crippen LogP contribution < -0.4 is 10.3 Å². The molecule has 3 rings (SSSR count). The summed E-state index contributed by atoms with van der Waals surface area (Å²) in [7, 11) is 2.49. The topological polar surface area (TPSA) is 133 Å². The predicted molar refractivity (Wildman–Crippen MR) is 122 cm³/mol. The summed E-state index contributed by atoms with van der Waals surface area (Å²) < 4.78 is 16.6. The summed E-state index contributed by atoms with van der Waals surface area (Å²) in [5.41, 5.74) is 1.47. The van der Waals surface area contributed by atoms with Gasteiger partial charge in [-0.1, -0.05) is 18.2 Å². The molecule has 0 saturated carbocycles. The molecule has 0 fully saturated rings. The second-order valence-electron chi connectivity index (χ2n) is 7.60. The van der Waals surface area contributed by atoms with E-state index in [1.165, 1.54) is 24.9 Å². The van der Waals surface area contributed by atoms with Gasteiger partial charge in [0.15, 0.2) is 6.61 Å². The Labute approximate surface area is 196 Å². The van der Waals surface area contributed by atoms with Crippen molar-refractivity contribution in [2.45, 2.75) is 32.2 Å². The van der Waals surface area contributed by atoms with E-state index in [1.807, 2.05) is 0 Å². The van der Waals surface area contributed by atoms with Crippen LogP contribution in [0.1, 0.15) is 34.9 Å². The Morgan fingerprint density at radius 1 is 1.18 bits per heavy atom. The maximum atomic E-state index is 13.6. The molecule has 2 N–H and O–H groups in total. The quantitative estimate of drug-likeness (QED) is 0.431. The highest BCUT2D eigenvalue weighted by Gasteiger charge is 2.29. The van der Waals surface area contributed by atoms with E-state index in [4.69, 9.17) is 9.47 Å². The zero-order valence-electron chi connectivity index (χ0n) is 19.2. The van der Waals surface area contributed by atoms with Crippen molar-refractivity contribution in [1.82, 2.24) is 14.5 Å². The Bertz CT molecular complexity index is 1200. The summed E-state index contributed by atoms with van der Waals surface area (Å²) in [6.45, 7) is 1.71. The van der Waals surface area contributed by atoms with Crippen molar-refractivity contribution in [2.24, 2.45) is 0 Å². The minimum absolute atomic E-state index is 0.0368. The lowest BCUT2D eigenvalue weighted by Crippen LogP contribution is -2.29. The van der Waals surface area contributed by atoms with Gasteiger partial charge in [-0.15, -0.1) is 0 Å². The lowest BCUT2D eigenvalue weighted by atomic mass is 9.87. The second kappa shape index (κ2) is 11.2. The Morgan fingerprint density at radius 2 is 1.91 bits per heavy atom. The van der Waals surface area contributed by atoms with Gasteiger partial charge in [0.2, 0.25) is 0 Å². The molecule has 10 nitrogen and oxygen atoms in total. The number of nitrogens with one attached hydrogen (secondary N) is 1. The number of hydrogen-bond donors (Lipinski definition) is 2. The number of imidazole rings is 1. The number of pyridine rings is 1. The van der Waals surface area contributed by atoms with Gasteiger partial charge in [-0.2, -0.15) is 0 Å². The zero-order chi connectivity index (χ0) is 24.7. The first-order chi connectivity index (χ1) is 16.3. The Morgan fingerprint density at radius 3 is 2.59 bits per heavy atom. The van der Waals surface area contributed by atoms with E-state index >= 15 is 0 Å². The van der Waals surface area contributed by atoms with Gasteiger partial charge in [0, 0.05) is 42.0 Å². The maximum absolute atomic E-state index is 13.6. The molecule has 0 aliphatic carbocycles. The van der Waals surface area contributed by atoms with E-state index in [2.05, 4.69) is 14.7 Å². The second-order valence-corrected chi connectivity index (χ2v) is 7.60. The maximum Gasteiger partial charge on any atom is 0.343 e. The molecule has 0 radical (unpaired) electrons. The zero-order valence-corrected chi connectivity index (χ0v) is 19.2. The highest BCUT2D eigenvalue weighted by Crippen LogP contribution is 2.37. The van der Waals surface area contributed by atoms with Crippen LogP contribution in [0.2, 0.25) is 0 Å². The fourth-order valence-corrected chi connectivity index (χ4v) is 3.74. The van der Waals surface area contributed by atoms with E-state index in [0.717, 1.165) is 5.69 Å². The molecule has 2 aromatic heterocycles. The van der Waals surface area contributed by atoms with Crippen LogP contribution in [0.25, 0.3) is 0 Å². The Kier molecular flexibility index (Phi) is 8.07. The number of esters is 2. The van der Waals surface area contributed by atoms with Gasteiger partial charge in [-0.05, 0) is 19.1 Å². The number of rotatable bonds is 10. The van der Waals surface area contributed by atoms with Crippen LogP contribution in [0.15, 0.2) is 47.7 Å². The van der Waals surface area contributed by atoms with E-state index < -0.39 is 23.4 Å². The van der Waals surface area contributed by atoms with E-state index in [9.17, 15) is 19.5 Å². The summed E-state index contributed by atoms with van der Waals surface area (Å²) in [4.78, 5) is 44.5. The van der Waals surface area contributed by atoms with Crippen molar-refractivity contribution < 1.29 is 28.9 Å². The van der Waals surface area contributed by atoms with Gasteiger partial charge in [0.05, 0.1) is 32.5 Å². The standard InChI is InChI=1S/C24H27N3O7/c1-15-10-19(28)23(24(31)27(15)9-8-16-12-25-14-26-16)18(11-21(29)32-2)17-6-4-5-7-20(17)34-13-22(30)33-3/h4-7,10,12,14,18,28H,8-9,11,13H2,1-3H3,(H,25,26)/t18-/m1/s1. The average Bonchev–Trinajstić information content (AvgIpc) is 3.35. The van der Waals surface area contributed by atoms with Gasteiger partial charge in [-0.3, -0.25) is 9.59 Å². The minimum atomic E-state index is -0.882. The fraction of sp³-hybridized carbons (Fsp3) is 0.333. The molecular weight excluding hydrogens is 442 g/mol. The summed E-state index contributed by atoms with van der Waals surface area (Å²) in [6, 6.07) is 8.19. The number of H-pyrrole nitrogens is 1. The van der Waals surface area contributed by atoms with Gasteiger partial charge < -0.3 is 28.9 Å². The number of para-hydroxylation sites is 1. The van der Waals surface area contributed by atoms with Crippen molar-refractivity contribution in [3.63, 3.8) is 0 Å². The van der Waals surface area contributed by atoms with Crippen molar-refractivity contribution in [3.05, 3.63) is 75.7 Å². The molecule has 1 atom stereocenters. The van der Waals surface area contributed by atoms with Gasteiger partial charge in [0.25, 0.3) is 5.56 Å². The first kappa shape index (κ1) is 24.6. The van der Waals surface area contributed by atoms with Crippen LogP contribution in [0.5, 0.6) is 11.5 Å². The molecule has 0 spiro atoms. The van der Waals surface area contributed by atoms with Gasteiger partial charge in [0.1, 0.15) is 11.5 Å². The number of benzene rings is 1. The Hall–Kier alpha value is -4.08. The SMILES string of the molecule is COC(=O)COc1ccccc1[C@@H](CC(=O)OC)c1c(O)cc(C)n(CCc2cnc[nH]2)c1=O. The highest BCUT2D eigenvalue weighted by atomic mass is 16.6. The molecule has 180 valence electrons. The molecule has 0 aliphatic heterocycles. The molecule has 0 amide bonds. The number of aromatic amines is 1. The summed E-state index contributed by atoms with van der Waals surface area (Å²) in [6.07, 6.45) is 3.54. The molecular formula is C24H27N3O7. The number of carbonyl (C=O) groups is 2. The lowest BCUT2D eigenvalue weighted by molar-refractivity contribution is -0.143. The number of aryl methyl sites for hydroxylation is 2. The van der Waals surface area contributed by atoms with Gasteiger partial charge >= 0.3 is 11.9 Å². The smallest absolute Gasteiger partial charge is 0.343 e. The molecule has 3 aromatic rings.